The van der Waals surface area contributed by atoms with Gasteiger partial charge in [-0.05, 0) is 37.3 Å². The summed E-state index contributed by atoms with van der Waals surface area (Å²) in [6.07, 6.45) is 1.49. The lowest BCUT2D eigenvalue weighted by Crippen LogP contribution is -2.24. The van der Waals surface area contributed by atoms with Crippen LogP contribution in [0.5, 0.6) is 5.75 Å². The van der Waals surface area contributed by atoms with Crippen LogP contribution in [0.2, 0.25) is 0 Å². The van der Waals surface area contributed by atoms with Crippen LogP contribution in [0, 0.1) is 0 Å². The van der Waals surface area contributed by atoms with Gasteiger partial charge in [-0.15, -0.1) is 0 Å². The predicted octanol–water partition coefficient (Wildman–Crippen LogP) is 1.56. The lowest BCUT2D eigenvalue weighted by molar-refractivity contribution is -0.145. The lowest BCUT2D eigenvalue weighted by atomic mass is 10.2. The van der Waals surface area contributed by atoms with Crippen molar-refractivity contribution in [3.05, 3.63) is 28.2 Å². The molecule has 0 unspecified atom stereocenters. The summed E-state index contributed by atoms with van der Waals surface area (Å²) < 4.78 is 11.0. The largest absolute Gasteiger partial charge is 0.481 e. The number of benzene rings is 1. The van der Waals surface area contributed by atoms with E-state index < -0.39 is 5.97 Å². The van der Waals surface area contributed by atoms with E-state index in [0.29, 0.717) is 17.9 Å². The molecule has 0 saturated carbocycles. The SMILES string of the molecule is CCOC(=O)COc1ccc(Br)cc1C=NNC(N)=S. The number of esters is 1. The van der Waals surface area contributed by atoms with Crippen molar-refractivity contribution >= 4 is 45.4 Å². The standard InChI is InChI=1S/C12H14BrN3O3S/c1-2-18-11(17)7-19-10-4-3-9(13)5-8(10)6-15-16-12(14)20/h3-6H,2,7H2,1H3,(H3,14,16,20). The zero-order valence-electron chi connectivity index (χ0n) is 10.8. The zero-order chi connectivity index (χ0) is 15.0. The van der Waals surface area contributed by atoms with E-state index in [4.69, 9.17) is 15.2 Å². The lowest BCUT2D eigenvalue weighted by Gasteiger charge is -2.09. The molecule has 6 nitrogen and oxygen atoms in total. The van der Waals surface area contributed by atoms with Crippen LogP contribution in [0.15, 0.2) is 27.8 Å². The third-order valence-electron chi connectivity index (χ3n) is 2.00. The molecule has 3 N–H and O–H groups in total. The Morgan fingerprint density at radius 1 is 1.60 bits per heavy atom. The molecule has 8 heteroatoms. The molecule has 0 fully saturated rings. The number of nitrogens with one attached hydrogen (secondary N) is 1. The van der Waals surface area contributed by atoms with Crippen LogP contribution >= 0.6 is 28.1 Å². The fourth-order valence-corrected chi connectivity index (χ4v) is 1.69. The van der Waals surface area contributed by atoms with Crippen LogP contribution in [0.3, 0.4) is 0 Å². The molecule has 20 heavy (non-hydrogen) atoms. The highest BCUT2D eigenvalue weighted by Crippen LogP contribution is 2.21. The number of carbonyl (C=O) groups is 1. The number of hydrogen-bond acceptors (Lipinski definition) is 5. The molecule has 0 aliphatic heterocycles. The first-order chi connectivity index (χ1) is 9.52. The highest BCUT2D eigenvalue weighted by molar-refractivity contribution is 9.10. The van der Waals surface area contributed by atoms with Crippen molar-refractivity contribution in [1.82, 2.24) is 5.43 Å². The van der Waals surface area contributed by atoms with Crippen molar-refractivity contribution in [3.63, 3.8) is 0 Å². The second kappa shape index (κ2) is 8.49. The number of thiocarbonyl (C=S) groups is 1. The van der Waals surface area contributed by atoms with Gasteiger partial charge in [0, 0.05) is 10.0 Å². The molecular formula is C12H14BrN3O3S. The van der Waals surface area contributed by atoms with Gasteiger partial charge in [0.25, 0.3) is 0 Å². The van der Waals surface area contributed by atoms with Crippen molar-refractivity contribution in [2.24, 2.45) is 10.8 Å². The number of hydrazone groups is 1. The highest BCUT2D eigenvalue weighted by Gasteiger charge is 2.07. The fraction of sp³-hybridized carbons (Fsp3) is 0.250. The maximum Gasteiger partial charge on any atom is 0.344 e. The number of hydrogen-bond donors (Lipinski definition) is 2. The first kappa shape index (κ1) is 16.4. The molecule has 1 aromatic rings. The van der Waals surface area contributed by atoms with Crippen molar-refractivity contribution in [2.45, 2.75) is 6.92 Å². The number of ether oxygens (including phenoxy) is 2. The van der Waals surface area contributed by atoms with Gasteiger partial charge in [-0.1, -0.05) is 15.9 Å². The van der Waals surface area contributed by atoms with E-state index in [9.17, 15) is 4.79 Å². The van der Waals surface area contributed by atoms with E-state index in [2.05, 4.69) is 38.7 Å². The van der Waals surface area contributed by atoms with Gasteiger partial charge < -0.3 is 15.2 Å². The van der Waals surface area contributed by atoms with E-state index in [1.807, 2.05) is 0 Å². The number of carbonyl (C=O) groups excluding carboxylic acids is 1. The minimum Gasteiger partial charge on any atom is -0.481 e. The Morgan fingerprint density at radius 3 is 3.00 bits per heavy atom. The minimum absolute atomic E-state index is 0.0604. The number of nitrogens with two attached hydrogens (primary N) is 1. The van der Waals surface area contributed by atoms with Crippen molar-refractivity contribution in [1.29, 1.82) is 0 Å². The summed E-state index contributed by atoms with van der Waals surface area (Å²) in [7, 11) is 0. The quantitative estimate of drug-likeness (QED) is 0.347. The summed E-state index contributed by atoms with van der Waals surface area (Å²) in [5, 5.41) is 3.91. The van der Waals surface area contributed by atoms with Gasteiger partial charge in [-0.25, -0.2) is 4.79 Å². The van der Waals surface area contributed by atoms with Gasteiger partial charge >= 0.3 is 5.97 Å². The van der Waals surface area contributed by atoms with Crippen LogP contribution in [0.25, 0.3) is 0 Å². The van der Waals surface area contributed by atoms with Gasteiger partial charge in [0.05, 0.1) is 12.8 Å². The molecule has 0 heterocycles. The van der Waals surface area contributed by atoms with E-state index in [1.54, 1.807) is 25.1 Å². The number of halogens is 1. The van der Waals surface area contributed by atoms with Gasteiger partial charge in [-0.2, -0.15) is 5.10 Å². The maximum atomic E-state index is 11.3. The maximum absolute atomic E-state index is 11.3. The molecule has 1 aromatic carbocycles. The van der Waals surface area contributed by atoms with E-state index >= 15 is 0 Å². The predicted molar refractivity (Wildman–Crippen MR) is 83.8 cm³/mol. The molecule has 0 bridgehead atoms. The second-order valence-electron chi connectivity index (χ2n) is 3.51. The van der Waals surface area contributed by atoms with Crippen LogP contribution in [-0.4, -0.2) is 30.5 Å². The Labute approximate surface area is 130 Å². The molecule has 0 aliphatic carbocycles. The smallest absolute Gasteiger partial charge is 0.344 e. The molecule has 0 atom stereocenters. The highest BCUT2D eigenvalue weighted by atomic mass is 79.9. The minimum atomic E-state index is -0.431. The molecule has 0 radical (unpaired) electrons. The molecule has 0 spiro atoms. The summed E-state index contributed by atoms with van der Waals surface area (Å²) in [6.45, 7) is 1.88. The van der Waals surface area contributed by atoms with Crippen molar-refractivity contribution in [2.75, 3.05) is 13.2 Å². The van der Waals surface area contributed by atoms with Gasteiger partial charge in [0.2, 0.25) is 0 Å². The van der Waals surface area contributed by atoms with Crippen LogP contribution < -0.4 is 15.9 Å². The first-order valence-electron chi connectivity index (χ1n) is 5.69. The third kappa shape index (κ3) is 5.98. The van der Waals surface area contributed by atoms with Gasteiger partial charge in [0.15, 0.2) is 11.7 Å². The van der Waals surface area contributed by atoms with E-state index in [-0.39, 0.29) is 11.7 Å². The summed E-state index contributed by atoms with van der Waals surface area (Å²) in [6, 6.07) is 5.29. The van der Waals surface area contributed by atoms with Crippen molar-refractivity contribution < 1.29 is 14.3 Å². The average molecular weight is 360 g/mol. The summed E-state index contributed by atoms with van der Waals surface area (Å²) in [4.78, 5) is 11.3. The normalized spacial score (nSPS) is 10.3. The van der Waals surface area contributed by atoms with E-state index in [0.717, 1.165) is 4.47 Å². The molecule has 1 rings (SSSR count). The molecule has 0 saturated heterocycles. The second-order valence-corrected chi connectivity index (χ2v) is 4.87. The Bertz CT molecular complexity index is 523. The average Bonchev–Trinajstić information content (AvgIpc) is 2.37. The van der Waals surface area contributed by atoms with Crippen LogP contribution in [0.1, 0.15) is 12.5 Å². The summed E-state index contributed by atoms with van der Waals surface area (Å²) >= 11 is 7.98. The molecular weight excluding hydrogens is 346 g/mol. The van der Waals surface area contributed by atoms with Crippen LogP contribution in [0.4, 0.5) is 0 Å². The van der Waals surface area contributed by atoms with Gasteiger partial charge in [-0.3, -0.25) is 5.43 Å². The third-order valence-corrected chi connectivity index (χ3v) is 2.59. The molecule has 0 aromatic heterocycles. The van der Waals surface area contributed by atoms with Crippen LogP contribution in [-0.2, 0) is 9.53 Å². The fourth-order valence-electron chi connectivity index (χ4n) is 1.26. The molecule has 0 aliphatic rings. The number of nitrogens with zero attached hydrogens (tertiary/aromatic N) is 1. The Kier molecular flexibility index (Phi) is 6.96. The Hall–Kier alpha value is -1.67. The summed E-state index contributed by atoms with van der Waals surface area (Å²) in [5.74, 6) is 0.0642. The first-order valence-corrected chi connectivity index (χ1v) is 6.89. The van der Waals surface area contributed by atoms with Gasteiger partial charge in [0.1, 0.15) is 5.75 Å². The molecule has 108 valence electrons. The number of rotatable bonds is 6. The van der Waals surface area contributed by atoms with Crippen molar-refractivity contribution in [3.8, 4) is 5.75 Å². The zero-order valence-corrected chi connectivity index (χ0v) is 13.2. The topological polar surface area (TPSA) is 85.9 Å². The monoisotopic (exact) mass is 359 g/mol. The Morgan fingerprint density at radius 2 is 2.35 bits per heavy atom. The summed E-state index contributed by atoms with van der Waals surface area (Å²) in [5.41, 5.74) is 8.36. The molecule has 0 amide bonds. The Balaban J connectivity index is 2.76. The van der Waals surface area contributed by atoms with E-state index in [1.165, 1.54) is 6.21 Å².